The van der Waals surface area contributed by atoms with E-state index in [2.05, 4.69) is 20.6 Å². The first-order valence-electron chi connectivity index (χ1n) is 7.36. The molecule has 0 spiro atoms. The van der Waals surface area contributed by atoms with Gasteiger partial charge >= 0.3 is 6.09 Å². The predicted molar refractivity (Wildman–Crippen MR) is 92.0 cm³/mol. The normalized spacial score (nSPS) is 11.0. The van der Waals surface area contributed by atoms with Gasteiger partial charge in [-0.3, -0.25) is 10.00 Å². The van der Waals surface area contributed by atoms with E-state index in [9.17, 15) is 4.79 Å². The maximum Gasteiger partial charge on any atom is 0.413 e. The van der Waals surface area contributed by atoms with Crippen molar-refractivity contribution < 1.29 is 9.53 Å². The first-order chi connectivity index (χ1) is 11.4. The maximum atomic E-state index is 11.7. The molecule has 0 aliphatic heterocycles. The summed E-state index contributed by atoms with van der Waals surface area (Å²) in [7, 11) is 1.85. The van der Waals surface area contributed by atoms with E-state index in [0.29, 0.717) is 16.4 Å². The molecule has 0 saturated carbocycles. The Morgan fingerprint density at radius 3 is 2.71 bits per heavy atom. The number of carbonyl (C=O) groups is 1. The molecule has 7 nitrogen and oxygen atoms in total. The SMILES string of the molecule is CC(C)OC(=O)Nc1cc2cc(-c3cnn(C)c3)cc(Cl)c2nn1. The van der Waals surface area contributed by atoms with E-state index in [4.69, 9.17) is 16.3 Å². The molecule has 124 valence electrons. The van der Waals surface area contributed by atoms with Crippen LogP contribution in [0.25, 0.3) is 22.0 Å². The summed E-state index contributed by atoms with van der Waals surface area (Å²) in [4.78, 5) is 11.7. The molecule has 1 N–H and O–H groups in total. The molecule has 1 amide bonds. The van der Waals surface area contributed by atoms with Crippen molar-refractivity contribution in [1.82, 2.24) is 20.0 Å². The predicted octanol–water partition coefficient (Wildman–Crippen LogP) is 3.64. The fraction of sp³-hybridized carbons (Fsp3) is 0.250. The Bertz CT molecular complexity index is 907. The van der Waals surface area contributed by atoms with Crippen LogP contribution in [0.4, 0.5) is 10.6 Å². The van der Waals surface area contributed by atoms with E-state index in [1.807, 2.05) is 25.4 Å². The third kappa shape index (κ3) is 3.46. The van der Waals surface area contributed by atoms with Gasteiger partial charge < -0.3 is 4.74 Å². The fourth-order valence-electron chi connectivity index (χ4n) is 2.26. The molecule has 0 radical (unpaired) electrons. The number of hydrogen-bond donors (Lipinski definition) is 1. The highest BCUT2D eigenvalue weighted by Crippen LogP contribution is 2.30. The number of amides is 1. The molecule has 2 heterocycles. The van der Waals surface area contributed by atoms with Crippen molar-refractivity contribution in [3.8, 4) is 11.1 Å². The van der Waals surface area contributed by atoms with Crippen molar-refractivity contribution in [2.24, 2.45) is 7.05 Å². The van der Waals surface area contributed by atoms with Gasteiger partial charge in [0.1, 0.15) is 5.52 Å². The van der Waals surface area contributed by atoms with Crippen molar-refractivity contribution >= 4 is 34.4 Å². The summed E-state index contributed by atoms with van der Waals surface area (Å²) >= 11 is 6.30. The van der Waals surface area contributed by atoms with Crippen LogP contribution in [0.3, 0.4) is 0 Å². The maximum absolute atomic E-state index is 11.7. The minimum Gasteiger partial charge on any atom is -0.447 e. The van der Waals surface area contributed by atoms with Crippen LogP contribution >= 0.6 is 11.6 Å². The Labute approximate surface area is 143 Å². The summed E-state index contributed by atoms with van der Waals surface area (Å²) < 4.78 is 6.75. The minimum atomic E-state index is -0.576. The number of aryl methyl sites for hydroxylation is 1. The van der Waals surface area contributed by atoms with Crippen molar-refractivity contribution in [2.75, 3.05) is 5.32 Å². The lowest BCUT2D eigenvalue weighted by molar-refractivity contribution is 0.130. The summed E-state index contributed by atoms with van der Waals surface area (Å²) in [5, 5.41) is 16.0. The van der Waals surface area contributed by atoms with E-state index in [-0.39, 0.29) is 6.10 Å². The fourth-order valence-corrected chi connectivity index (χ4v) is 2.53. The number of nitrogens with zero attached hydrogens (tertiary/aromatic N) is 4. The van der Waals surface area contributed by atoms with Gasteiger partial charge in [-0.15, -0.1) is 10.2 Å². The Morgan fingerprint density at radius 2 is 2.04 bits per heavy atom. The third-order valence-electron chi connectivity index (χ3n) is 3.25. The summed E-state index contributed by atoms with van der Waals surface area (Å²) in [6.07, 6.45) is 2.86. The van der Waals surface area contributed by atoms with Crippen LogP contribution in [0, 0.1) is 0 Å². The van der Waals surface area contributed by atoms with E-state index >= 15 is 0 Å². The molecule has 1 aromatic carbocycles. The molecule has 8 heteroatoms. The molecule has 0 unspecified atom stereocenters. The van der Waals surface area contributed by atoms with Crippen molar-refractivity contribution in [3.63, 3.8) is 0 Å². The highest BCUT2D eigenvalue weighted by atomic mass is 35.5. The summed E-state index contributed by atoms with van der Waals surface area (Å²) in [6, 6.07) is 5.44. The summed E-state index contributed by atoms with van der Waals surface area (Å²) in [5.41, 5.74) is 2.41. The number of anilines is 1. The molecule has 3 rings (SSSR count). The Morgan fingerprint density at radius 1 is 1.25 bits per heavy atom. The van der Waals surface area contributed by atoms with Crippen molar-refractivity contribution in [2.45, 2.75) is 20.0 Å². The zero-order valence-corrected chi connectivity index (χ0v) is 14.2. The second kappa shape index (κ2) is 6.45. The van der Waals surface area contributed by atoms with Gasteiger partial charge in [0.05, 0.1) is 17.3 Å². The zero-order chi connectivity index (χ0) is 17.3. The third-order valence-corrected chi connectivity index (χ3v) is 3.54. The molecule has 24 heavy (non-hydrogen) atoms. The zero-order valence-electron chi connectivity index (χ0n) is 13.4. The monoisotopic (exact) mass is 345 g/mol. The molecule has 0 atom stereocenters. The second-order valence-corrected chi connectivity index (χ2v) is 6.01. The van der Waals surface area contributed by atoms with Gasteiger partial charge in [-0.25, -0.2) is 4.79 Å². The summed E-state index contributed by atoms with van der Waals surface area (Å²) in [5.74, 6) is 0.299. The van der Waals surface area contributed by atoms with Gasteiger partial charge in [0.15, 0.2) is 5.82 Å². The molecule has 0 fully saturated rings. The largest absolute Gasteiger partial charge is 0.447 e. The van der Waals surface area contributed by atoms with Crippen LogP contribution in [-0.2, 0) is 11.8 Å². The number of rotatable bonds is 3. The number of aromatic nitrogens is 4. The first-order valence-corrected chi connectivity index (χ1v) is 7.74. The number of benzene rings is 1. The van der Waals surface area contributed by atoms with Gasteiger partial charge in [-0.2, -0.15) is 5.10 Å². The Kier molecular flexibility index (Phi) is 4.35. The number of fused-ring (bicyclic) bond motifs is 1. The van der Waals surface area contributed by atoms with E-state index in [0.717, 1.165) is 16.5 Å². The van der Waals surface area contributed by atoms with Gasteiger partial charge in [-0.05, 0) is 37.6 Å². The minimum absolute atomic E-state index is 0.218. The van der Waals surface area contributed by atoms with E-state index in [1.54, 1.807) is 30.8 Å². The molecular formula is C16H16ClN5O2. The van der Waals surface area contributed by atoms with Crippen molar-refractivity contribution in [1.29, 1.82) is 0 Å². The molecule has 0 saturated heterocycles. The molecule has 0 aliphatic rings. The van der Waals surface area contributed by atoms with Crippen LogP contribution < -0.4 is 5.32 Å². The molecule has 3 aromatic rings. The van der Waals surface area contributed by atoms with Crippen LogP contribution in [0.15, 0.2) is 30.6 Å². The first kappa shape index (κ1) is 16.2. The van der Waals surface area contributed by atoms with Gasteiger partial charge in [0, 0.05) is 24.2 Å². The molecular weight excluding hydrogens is 330 g/mol. The number of halogens is 1. The van der Waals surface area contributed by atoms with Crippen LogP contribution in [0.5, 0.6) is 0 Å². The number of nitrogens with one attached hydrogen (secondary N) is 1. The number of hydrogen-bond acceptors (Lipinski definition) is 5. The topological polar surface area (TPSA) is 81.9 Å². The molecule has 0 bridgehead atoms. The van der Waals surface area contributed by atoms with Gasteiger partial charge in [0.25, 0.3) is 0 Å². The summed E-state index contributed by atoms with van der Waals surface area (Å²) in [6.45, 7) is 3.54. The Balaban J connectivity index is 1.97. The highest BCUT2D eigenvalue weighted by molar-refractivity contribution is 6.35. The smallest absolute Gasteiger partial charge is 0.413 e. The van der Waals surface area contributed by atoms with E-state index in [1.165, 1.54) is 0 Å². The number of ether oxygens (including phenoxy) is 1. The van der Waals surface area contributed by atoms with Crippen LogP contribution in [0.2, 0.25) is 5.02 Å². The molecule has 2 aromatic heterocycles. The van der Waals surface area contributed by atoms with Crippen molar-refractivity contribution in [3.05, 3.63) is 35.6 Å². The standard InChI is InChI=1S/C16H16ClN5O2/c1-9(2)24-16(23)19-14-6-11-4-10(12-7-18-22(3)8-12)5-13(17)15(11)21-20-14/h4-9H,1-3H3,(H,19,20,23). The second-order valence-electron chi connectivity index (χ2n) is 5.61. The average Bonchev–Trinajstić information content (AvgIpc) is 2.92. The molecule has 0 aliphatic carbocycles. The van der Waals surface area contributed by atoms with Crippen LogP contribution in [-0.4, -0.2) is 32.2 Å². The lowest BCUT2D eigenvalue weighted by atomic mass is 10.1. The van der Waals surface area contributed by atoms with E-state index < -0.39 is 6.09 Å². The lowest BCUT2D eigenvalue weighted by Gasteiger charge is -2.09. The quantitative estimate of drug-likeness (QED) is 0.783. The highest BCUT2D eigenvalue weighted by Gasteiger charge is 2.11. The van der Waals surface area contributed by atoms with Gasteiger partial charge in [0.2, 0.25) is 0 Å². The van der Waals surface area contributed by atoms with Gasteiger partial charge in [-0.1, -0.05) is 11.6 Å². The number of carbonyl (C=O) groups excluding carboxylic acids is 1. The Hall–Kier alpha value is -2.67. The lowest BCUT2D eigenvalue weighted by Crippen LogP contribution is -2.18. The average molecular weight is 346 g/mol. The van der Waals surface area contributed by atoms with Crippen LogP contribution in [0.1, 0.15) is 13.8 Å².